The van der Waals surface area contributed by atoms with Gasteiger partial charge in [-0.25, -0.2) is 0 Å². The Kier molecular flexibility index (Phi) is 44.1. The molecule has 0 amide bonds. The summed E-state index contributed by atoms with van der Waals surface area (Å²) in [6.45, 7) is 5.13. The predicted molar refractivity (Wildman–Crippen MR) is 232 cm³/mol. The van der Waals surface area contributed by atoms with Crippen LogP contribution in [0, 0.1) is 0 Å². The molecule has 1 N–H and O–H groups in total. The monoisotopic (exact) mass is 739 g/mol. The summed E-state index contributed by atoms with van der Waals surface area (Å²) >= 11 is 0. The highest BCUT2D eigenvalue weighted by Crippen LogP contribution is 2.14. The van der Waals surface area contributed by atoms with Gasteiger partial charge in [-0.05, 0) is 64.2 Å². The van der Waals surface area contributed by atoms with E-state index >= 15 is 0 Å². The van der Waals surface area contributed by atoms with Crippen molar-refractivity contribution in [2.24, 2.45) is 0 Å². The molecule has 0 rings (SSSR count). The van der Waals surface area contributed by atoms with Gasteiger partial charge in [0.1, 0.15) is 6.10 Å². The number of hydrogen-bond donors (Lipinski definition) is 1. The molecule has 0 aromatic rings. The molecule has 0 aliphatic carbocycles. The Bertz CT molecular complexity index is 911. The maximum absolute atomic E-state index is 12.1. The topological polar surface area (TPSA) is 55.8 Å². The quantitative estimate of drug-likeness (QED) is 0.0385. The van der Waals surface area contributed by atoms with Gasteiger partial charge < -0.3 is 14.6 Å². The fourth-order valence-electron chi connectivity index (χ4n) is 6.22. The molecule has 0 aromatic heterocycles. The molecular weight excluding hydrogens is 653 g/mol. The number of carbonyl (C=O) groups excluding carboxylic acids is 1. The Hall–Kier alpha value is -2.17. The molecule has 0 aliphatic rings. The van der Waals surface area contributed by atoms with Crippen LogP contribution in [0.2, 0.25) is 0 Å². The standard InChI is InChI=1S/C49H86O4/c1-3-5-7-9-11-13-15-17-19-20-21-22-23-24-25-26-27-28-29-31-33-35-37-39-41-43-45-52-47-48(46-50)53-49(51)44-42-40-38-36-34-32-30-18-16-14-12-10-8-6-4-2/h6,8,12,14,18,20-21,30,34,36,40,42,48,50H,3-5,7,9-11,13,15-17,19,22-29,31-33,35,37-39,41,43-47H2,1-2H3/b8-6-,14-12-,21-20-,30-18-,36-34-,42-40-. The molecular formula is C49H86O4. The lowest BCUT2D eigenvalue weighted by molar-refractivity contribution is -0.153. The van der Waals surface area contributed by atoms with Gasteiger partial charge >= 0.3 is 5.97 Å². The fourth-order valence-corrected chi connectivity index (χ4v) is 6.22. The fraction of sp³-hybridized carbons (Fsp3) is 0.735. The van der Waals surface area contributed by atoms with Crippen molar-refractivity contribution in [2.75, 3.05) is 19.8 Å². The molecule has 306 valence electrons. The number of aliphatic hydroxyl groups is 1. The Morgan fingerprint density at radius 2 is 0.849 bits per heavy atom. The molecule has 0 fully saturated rings. The molecule has 0 saturated heterocycles. The SMILES string of the molecule is CC/C=C\C/C=C\C/C=C\C/C=C\C/C=C\CC(=O)OC(CO)COCCCCCCCCCCCCCCCC/C=C\CCCCCCCCCC. The summed E-state index contributed by atoms with van der Waals surface area (Å²) in [5.74, 6) is -0.327. The van der Waals surface area contributed by atoms with Crippen molar-refractivity contribution in [1.82, 2.24) is 0 Å². The van der Waals surface area contributed by atoms with Crippen LogP contribution in [-0.4, -0.2) is 37.0 Å². The van der Waals surface area contributed by atoms with E-state index in [0.29, 0.717) is 6.61 Å². The summed E-state index contributed by atoms with van der Waals surface area (Å²) in [5.41, 5.74) is 0. The minimum atomic E-state index is -0.591. The number of aliphatic hydroxyl groups excluding tert-OH is 1. The van der Waals surface area contributed by atoms with Crippen LogP contribution in [0.25, 0.3) is 0 Å². The zero-order valence-corrected chi connectivity index (χ0v) is 35.0. The molecule has 0 radical (unpaired) electrons. The summed E-state index contributed by atoms with van der Waals surface area (Å²) in [7, 11) is 0. The van der Waals surface area contributed by atoms with Gasteiger partial charge in [0.2, 0.25) is 0 Å². The predicted octanol–water partition coefficient (Wildman–Crippen LogP) is 15.0. The summed E-state index contributed by atoms with van der Waals surface area (Å²) in [6, 6.07) is 0. The lowest BCUT2D eigenvalue weighted by Crippen LogP contribution is -2.27. The van der Waals surface area contributed by atoms with Gasteiger partial charge in [0.05, 0.1) is 19.6 Å². The molecule has 0 bridgehead atoms. The maximum Gasteiger partial charge on any atom is 0.310 e. The summed E-state index contributed by atoms with van der Waals surface area (Å²) < 4.78 is 11.1. The Labute approximate surface area is 329 Å². The van der Waals surface area contributed by atoms with Crippen molar-refractivity contribution in [3.05, 3.63) is 72.9 Å². The van der Waals surface area contributed by atoms with Crippen LogP contribution in [0.1, 0.15) is 206 Å². The minimum Gasteiger partial charge on any atom is -0.457 e. The molecule has 0 saturated carbocycles. The Morgan fingerprint density at radius 3 is 1.26 bits per heavy atom. The maximum atomic E-state index is 12.1. The van der Waals surface area contributed by atoms with Crippen LogP contribution in [0.15, 0.2) is 72.9 Å². The lowest BCUT2D eigenvalue weighted by Gasteiger charge is -2.15. The number of hydrogen-bond acceptors (Lipinski definition) is 4. The van der Waals surface area contributed by atoms with E-state index in [4.69, 9.17) is 9.47 Å². The zero-order valence-electron chi connectivity index (χ0n) is 35.0. The van der Waals surface area contributed by atoms with Crippen LogP contribution in [-0.2, 0) is 14.3 Å². The van der Waals surface area contributed by atoms with Crippen molar-refractivity contribution < 1.29 is 19.4 Å². The van der Waals surface area contributed by atoms with E-state index in [1.54, 1.807) is 0 Å². The third kappa shape index (κ3) is 44.1. The van der Waals surface area contributed by atoms with Crippen LogP contribution in [0.5, 0.6) is 0 Å². The molecule has 1 atom stereocenters. The van der Waals surface area contributed by atoms with E-state index in [0.717, 1.165) is 38.5 Å². The zero-order chi connectivity index (χ0) is 38.4. The molecule has 0 spiro atoms. The van der Waals surface area contributed by atoms with Gasteiger partial charge in [-0.2, -0.15) is 0 Å². The molecule has 4 heteroatoms. The molecule has 0 aromatic carbocycles. The first-order valence-corrected chi connectivity index (χ1v) is 22.5. The van der Waals surface area contributed by atoms with Gasteiger partial charge in [-0.1, -0.05) is 209 Å². The van der Waals surface area contributed by atoms with E-state index in [1.165, 1.54) is 148 Å². The van der Waals surface area contributed by atoms with Crippen LogP contribution >= 0.6 is 0 Å². The van der Waals surface area contributed by atoms with Crippen LogP contribution < -0.4 is 0 Å². The Morgan fingerprint density at radius 1 is 0.472 bits per heavy atom. The number of ether oxygens (including phenoxy) is 2. The average molecular weight is 739 g/mol. The average Bonchev–Trinajstić information content (AvgIpc) is 3.16. The number of esters is 1. The summed E-state index contributed by atoms with van der Waals surface area (Å²) in [4.78, 5) is 12.1. The number of allylic oxidation sites excluding steroid dienone is 11. The third-order valence-electron chi connectivity index (χ3n) is 9.55. The van der Waals surface area contributed by atoms with Crippen molar-refractivity contribution in [2.45, 2.75) is 213 Å². The summed E-state index contributed by atoms with van der Waals surface area (Å²) in [5, 5.41) is 9.58. The van der Waals surface area contributed by atoms with E-state index in [-0.39, 0.29) is 25.6 Å². The highest BCUT2D eigenvalue weighted by Gasteiger charge is 2.12. The van der Waals surface area contributed by atoms with Gasteiger partial charge in [0, 0.05) is 6.61 Å². The Balaban J connectivity index is 3.47. The lowest BCUT2D eigenvalue weighted by atomic mass is 10.0. The van der Waals surface area contributed by atoms with E-state index in [9.17, 15) is 9.90 Å². The smallest absolute Gasteiger partial charge is 0.310 e. The number of rotatable bonds is 41. The highest BCUT2D eigenvalue weighted by atomic mass is 16.6. The third-order valence-corrected chi connectivity index (χ3v) is 9.55. The molecule has 0 aliphatic heterocycles. The van der Waals surface area contributed by atoms with Crippen molar-refractivity contribution in [3.63, 3.8) is 0 Å². The van der Waals surface area contributed by atoms with Gasteiger partial charge in [-0.3, -0.25) is 4.79 Å². The van der Waals surface area contributed by atoms with Crippen molar-refractivity contribution in [1.29, 1.82) is 0 Å². The van der Waals surface area contributed by atoms with Crippen LogP contribution in [0.3, 0.4) is 0 Å². The van der Waals surface area contributed by atoms with Gasteiger partial charge in [0.15, 0.2) is 0 Å². The van der Waals surface area contributed by atoms with Gasteiger partial charge in [-0.15, -0.1) is 0 Å². The molecule has 0 heterocycles. The first-order valence-electron chi connectivity index (χ1n) is 22.5. The largest absolute Gasteiger partial charge is 0.457 e. The first-order chi connectivity index (χ1) is 26.2. The van der Waals surface area contributed by atoms with E-state index in [2.05, 4.69) is 74.6 Å². The van der Waals surface area contributed by atoms with Crippen molar-refractivity contribution >= 4 is 5.97 Å². The first kappa shape index (κ1) is 50.8. The van der Waals surface area contributed by atoms with E-state index in [1.807, 2.05) is 12.2 Å². The second kappa shape index (κ2) is 46.0. The summed E-state index contributed by atoms with van der Waals surface area (Å²) in [6.07, 6.45) is 62.9. The normalized spacial score (nSPS) is 13.0. The number of carbonyl (C=O) groups is 1. The molecule has 53 heavy (non-hydrogen) atoms. The highest BCUT2D eigenvalue weighted by molar-refractivity contribution is 5.71. The molecule has 4 nitrogen and oxygen atoms in total. The number of unbranched alkanes of at least 4 members (excludes halogenated alkanes) is 22. The van der Waals surface area contributed by atoms with E-state index < -0.39 is 6.10 Å². The van der Waals surface area contributed by atoms with Crippen LogP contribution in [0.4, 0.5) is 0 Å². The molecule has 1 unspecified atom stereocenters. The van der Waals surface area contributed by atoms with Gasteiger partial charge in [0.25, 0.3) is 0 Å². The second-order valence-electron chi connectivity index (χ2n) is 14.8. The minimum absolute atomic E-state index is 0.210. The second-order valence-corrected chi connectivity index (χ2v) is 14.8. The van der Waals surface area contributed by atoms with Crippen molar-refractivity contribution in [3.8, 4) is 0 Å².